The Kier molecular flexibility index (Phi) is 5.38. The minimum absolute atomic E-state index is 0.151. The lowest BCUT2D eigenvalue weighted by Gasteiger charge is -2.31. The third-order valence-electron chi connectivity index (χ3n) is 2.34. The molecule has 0 aliphatic heterocycles. The predicted octanol–water partition coefficient (Wildman–Crippen LogP) is 3.83. The van der Waals surface area contributed by atoms with Crippen LogP contribution >= 0.6 is 0 Å². The second kappa shape index (κ2) is 6.36. The highest BCUT2D eigenvalue weighted by Crippen LogP contribution is 2.18. The topological polar surface area (TPSA) is 30.5 Å². The van der Waals surface area contributed by atoms with Gasteiger partial charge in [-0.3, -0.25) is 0 Å². The molecule has 0 saturated heterocycles. The number of hydrogen-bond acceptors (Lipinski definition) is 3. The minimum Gasteiger partial charge on any atom is -0.376 e. The lowest BCUT2D eigenvalue weighted by atomic mass is 10.2. The van der Waals surface area contributed by atoms with Gasteiger partial charge in [0, 0.05) is 17.9 Å². The van der Waals surface area contributed by atoms with E-state index in [1.807, 2.05) is 34.2 Å². The Labute approximate surface area is 112 Å². The molecule has 3 nitrogen and oxygen atoms in total. The molecule has 0 unspecified atom stereocenters. The first-order chi connectivity index (χ1) is 8.31. The van der Waals surface area contributed by atoms with E-state index >= 15 is 0 Å². The van der Waals surface area contributed by atoms with Gasteiger partial charge in [-0.25, -0.2) is 0 Å². The summed E-state index contributed by atoms with van der Waals surface area (Å²) in [5.74, 6) is 0. The van der Waals surface area contributed by atoms with Crippen LogP contribution in [-0.2, 0) is 8.85 Å². The molecule has 0 aliphatic rings. The molecule has 1 N–H and O–H groups in total. The van der Waals surface area contributed by atoms with E-state index in [0.717, 1.165) is 5.69 Å². The smallest absolute Gasteiger partial charge is 0.376 e. The molecule has 0 heterocycles. The van der Waals surface area contributed by atoms with E-state index in [1.54, 1.807) is 0 Å². The van der Waals surface area contributed by atoms with Gasteiger partial charge in [0.25, 0.3) is 0 Å². The van der Waals surface area contributed by atoms with Crippen LogP contribution in [0.2, 0.25) is 6.55 Å². The summed E-state index contributed by atoms with van der Waals surface area (Å²) in [6.07, 6.45) is 0.303. The monoisotopic (exact) mass is 267 g/mol. The molecule has 0 aromatic heterocycles. The van der Waals surface area contributed by atoms with E-state index < -0.39 is 8.72 Å². The van der Waals surface area contributed by atoms with Crippen LogP contribution in [0.4, 0.5) is 5.69 Å². The van der Waals surface area contributed by atoms with Crippen molar-refractivity contribution in [3.63, 3.8) is 0 Å². The second-order valence-electron chi connectivity index (χ2n) is 5.27. The van der Waals surface area contributed by atoms with Gasteiger partial charge in [-0.15, -0.1) is 0 Å². The first kappa shape index (κ1) is 15.2. The van der Waals surface area contributed by atoms with Crippen molar-refractivity contribution < 1.29 is 8.85 Å². The molecule has 1 rings (SSSR count). The lowest BCUT2D eigenvalue weighted by Crippen LogP contribution is -2.50. The third kappa shape index (κ3) is 5.21. The van der Waals surface area contributed by atoms with Gasteiger partial charge in [0.05, 0.1) is 0 Å². The fourth-order valence-corrected chi connectivity index (χ4v) is 4.55. The third-order valence-corrected chi connectivity index (χ3v) is 4.93. The molecular weight excluding hydrogens is 242 g/mol. The van der Waals surface area contributed by atoms with Crippen LogP contribution in [0, 0.1) is 6.92 Å². The molecule has 18 heavy (non-hydrogen) atoms. The van der Waals surface area contributed by atoms with Crippen molar-refractivity contribution in [2.75, 3.05) is 4.98 Å². The zero-order chi connectivity index (χ0) is 13.8. The van der Waals surface area contributed by atoms with Crippen LogP contribution in [-0.4, -0.2) is 20.9 Å². The van der Waals surface area contributed by atoms with Gasteiger partial charge in [0.1, 0.15) is 0 Å². The van der Waals surface area contributed by atoms with Crippen LogP contribution in [0.1, 0.15) is 33.3 Å². The Balaban J connectivity index is 2.80. The van der Waals surface area contributed by atoms with Crippen molar-refractivity contribution in [2.45, 2.75) is 53.4 Å². The van der Waals surface area contributed by atoms with Crippen molar-refractivity contribution in [3.8, 4) is 0 Å². The normalized spacial score (nSPS) is 12.2. The first-order valence-corrected chi connectivity index (χ1v) is 8.83. The van der Waals surface area contributed by atoms with E-state index in [4.69, 9.17) is 8.85 Å². The molecule has 0 radical (unpaired) electrons. The van der Waals surface area contributed by atoms with E-state index in [1.165, 1.54) is 5.56 Å². The number of nitrogens with one attached hydrogen (secondary N) is 1. The predicted molar refractivity (Wildman–Crippen MR) is 78.9 cm³/mol. The lowest BCUT2D eigenvalue weighted by molar-refractivity contribution is 0.115. The van der Waals surface area contributed by atoms with E-state index in [2.05, 4.69) is 36.2 Å². The Hall–Kier alpha value is -0.843. The number of hydrogen-bond donors (Lipinski definition) is 1. The van der Waals surface area contributed by atoms with Crippen LogP contribution in [0.25, 0.3) is 0 Å². The largest absolute Gasteiger partial charge is 0.454 e. The average molecular weight is 267 g/mol. The molecule has 0 atom stereocenters. The van der Waals surface area contributed by atoms with Gasteiger partial charge in [-0.05, 0) is 53.3 Å². The van der Waals surface area contributed by atoms with Crippen molar-refractivity contribution >= 4 is 14.4 Å². The summed E-state index contributed by atoms with van der Waals surface area (Å²) in [5.41, 5.74) is 2.30. The quantitative estimate of drug-likeness (QED) is 0.795. The Bertz CT molecular complexity index is 353. The molecule has 102 valence electrons. The fourth-order valence-electron chi connectivity index (χ4n) is 1.89. The second-order valence-corrected chi connectivity index (χ2v) is 7.88. The Morgan fingerprint density at radius 1 is 0.944 bits per heavy atom. The molecule has 0 spiro atoms. The number of benzene rings is 1. The SMILES string of the molecule is Cc1ccc(N[Si](C)(OC(C)C)OC(C)C)cc1. The van der Waals surface area contributed by atoms with Gasteiger partial charge in [-0.2, -0.15) is 0 Å². The highest BCUT2D eigenvalue weighted by atomic mass is 28.4. The highest BCUT2D eigenvalue weighted by Gasteiger charge is 2.35. The average Bonchev–Trinajstić information content (AvgIpc) is 2.18. The Morgan fingerprint density at radius 3 is 1.78 bits per heavy atom. The van der Waals surface area contributed by atoms with Gasteiger partial charge in [0.2, 0.25) is 0 Å². The summed E-state index contributed by atoms with van der Waals surface area (Å²) in [6.45, 7) is 12.3. The molecule has 0 saturated carbocycles. The molecule has 0 fully saturated rings. The van der Waals surface area contributed by atoms with Gasteiger partial charge < -0.3 is 13.8 Å². The maximum Gasteiger partial charge on any atom is 0.454 e. The highest BCUT2D eigenvalue weighted by molar-refractivity contribution is 6.69. The number of anilines is 1. The van der Waals surface area contributed by atoms with E-state index in [-0.39, 0.29) is 12.2 Å². The van der Waals surface area contributed by atoms with E-state index in [9.17, 15) is 0 Å². The molecular formula is C14H25NO2Si. The standard InChI is InChI=1S/C14H25NO2Si/c1-11(2)16-18(6,17-12(3)4)15-14-9-7-13(5)8-10-14/h7-12,15H,1-6H3. The van der Waals surface area contributed by atoms with Gasteiger partial charge in [-0.1, -0.05) is 17.7 Å². The molecule has 0 aliphatic carbocycles. The molecule has 0 amide bonds. The van der Waals surface area contributed by atoms with E-state index in [0.29, 0.717) is 0 Å². The molecule has 1 aromatic carbocycles. The zero-order valence-electron chi connectivity index (χ0n) is 12.3. The zero-order valence-corrected chi connectivity index (χ0v) is 13.3. The van der Waals surface area contributed by atoms with Crippen LogP contribution < -0.4 is 4.98 Å². The van der Waals surface area contributed by atoms with Crippen LogP contribution in [0.5, 0.6) is 0 Å². The maximum absolute atomic E-state index is 5.99. The van der Waals surface area contributed by atoms with Crippen molar-refractivity contribution in [3.05, 3.63) is 29.8 Å². The van der Waals surface area contributed by atoms with Crippen LogP contribution in [0.15, 0.2) is 24.3 Å². The Morgan fingerprint density at radius 2 is 1.39 bits per heavy atom. The summed E-state index contributed by atoms with van der Waals surface area (Å²) in [5, 5.41) is 0. The fraction of sp³-hybridized carbons (Fsp3) is 0.571. The molecule has 0 bridgehead atoms. The van der Waals surface area contributed by atoms with Crippen molar-refractivity contribution in [1.82, 2.24) is 0 Å². The molecule has 4 heteroatoms. The maximum atomic E-state index is 5.99. The minimum atomic E-state index is -2.38. The van der Waals surface area contributed by atoms with Gasteiger partial charge in [0.15, 0.2) is 0 Å². The number of rotatable bonds is 6. The summed E-state index contributed by atoms with van der Waals surface area (Å²) < 4.78 is 12.0. The number of aryl methyl sites for hydroxylation is 1. The summed E-state index contributed by atoms with van der Waals surface area (Å²) in [7, 11) is -2.38. The molecule has 1 aromatic rings. The van der Waals surface area contributed by atoms with Crippen molar-refractivity contribution in [2.24, 2.45) is 0 Å². The summed E-state index contributed by atoms with van der Waals surface area (Å²) >= 11 is 0. The summed E-state index contributed by atoms with van der Waals surface area (Å²) in [4.78, 5) is 3.44. The summed E-state index contributed by atoms with van der Waals surface area (Å²) in [6, 6.07) is 8.30. The van der Waals surface area contributed by atoms with Gasteiger partial charge >= 0.3 is 8.72 Å². The van der Waals surface area contributed by atoms with Crippen LogP contribution in [0.3, 0.4) is 0 Å². The first-order valence-electron chi connectivity index (χ1n) is 6.51. The van der Waals surface area contributed by atoms with Crippen molar-refractivity contribution in [1.29, 1.82) is 0 Å².